The van der Waals surface area contributed by atoms with Gasteiger partial charge in [-0.25, -0.2) is 4.99 Å². The summed E-state index contributed by atoms with van der Waals surface area (Å²) in [5.74, 6) is 0.396. The minimum atomic E-state index is -0.578. The molecule has 5 rings (SSSR count). The summed E-state index contributed by atoms with van der Waals surface area (Å²) in [6.45, 7) is 6.29. The number of hydrogen-bond donors (Lipinski definition) is 2. The Balaban J connectivity index is 1.50. The second kappa shape index (κ2) is 10.3. The van der Waals surface area contributed by atoms with Gasteiger partial charge in [0.2, 0.25) is 5.91 Å². The number of hydrogen-bond acceptors (Lipinski definition) is 7. The second-order valence-electron chi connectivity index (χ2n) is 10.9. The molecule has 3 aliphatic rings. The van der Waals surface area contributed by atoms with Crippen LogP contribution in [0.15, 0.2) is 47.5 Å². The quantitative estimate of drug-likeness (QED) is 0.560. The summed E-state index contributed by atoms with van der Waals surface area (Å²) in [7, 11) is 3.25. The van der Waals surface area contributed by atoms with Crippen molar-refractivity contribution in [3.8, 4) is 5.75 Å². The molecule has 0 bridgehead atoms. The second-order valence-corrected chi connectivity index (χ2v) is 10.9. The molecule has 2 unspecified atom stereocenters. The van der Waals surface area contributed by atoms with Gasteiger partial charge in [-0.2, -0.15) is 0 Å². The van der Waals surface area contributed by atoms with E-state index in [4.69, 9.17) is 24.9 Å². The molecule has 4 atom stereocenters. The number of nitrogens with one attached hydrogen (secondary N) is 1. The number of carbonyl (C=O) groups excluding carboxylic acids is 2. The van der Waals surface area contributed by atoms with Crippen LogP contribution in [0.1, 0.15) is 79.2 Å². The van der Waals surface area contributed by atoms with Crippen molar-refractivity contribution in [3.63, 3.8) is 0 Å². The van der Waals surface area contributed by atoms with E-state index in [1.165, 1.54) is 4.90 Å². The Kier molecular flexibility index (Phi) is 7.15. The molecule has 0 aromatic heterocycles. The number of guanidine groups is 1. The minimum Gasteiger partial charge on any atom is -0.490 e. The van der Waals surface area contributed by atoms with E-state index < -0.39 is 23.3 Å². The molecule has 2 aromatic carbocycles. The van der Waals surface area contributed by atoms with Crippen LogP contribution in [0.3, 0.4) is 0 Å². The smallest absolute Gasteiger partial charge is 0.251 e. The highest BCUT2D eigenvalue weighted by Gasteiger charge is 2.46. The number of rotatable bonds is 7. The lowest BCUT2D eigenvalue weighted by Crippen LogP contribution is -2.56. The molecule has 2 amide bonds. The number of nitrogens with zero attached hydrogens (tertiary/aromatic N) is 2. The van der Waals surface area contributed by atoms with Gasteiger partial charge in [-0.15, -0.1) is 0 Å². The van der Waals surface area contributed by atoms with Crippen LogP contribution >= 0.6 is 0 Å². The average molecular weight is 535 g/mol. The SMILES string of the molecule is CCC1(CC)CC(=O)N(C2c3cc(C(=O)N[C@@H]4c5ccccc5C[C@]4(C)OC)ccc3OCC2OC)C(N)=N1. The van der Waals surface area contributed by atoms with Crippen molar-refractivity contribution in [3.05, 3.63) is 64.7 Å². The lowest BCUT2D eigenvalue weighted by Gasteiger charge is -2.44. The van der Waals surface area contributed by atoms with Crippen LogP contribution < -0.4 is 15.8 Å². The molecular weight excluding hydrogens is 496 g/mol. The topological polar surface area (TPSA) is 115 Å². The molecule has 0 saturated heterocycles. The van der Waals surface area contributed by atoms with Crippen molar-refractivity contribution in [1.29, 1.82) is 0 Å². The number of benzene rings is 2. The zero-order valence-electron chi connectivity index (χ0n) is 23.3. The highest BCUT2D eigenvalue weighted by molar-refractivity contribution is 6.00. The van der Waals surface area contributed by atoms with Gasteiger partial charge in [0.1, 0.15) is 18.5 Å². The number of amides is 2. The van der Waals surface area contributed by atoms with E-state index >= 15 is 0 Å². The number of aliphatic imine (C=N–C) groups is 1. The normalized spacial score (nSPS) is 27.3. The van der Waals surface area contributed by atoms with Crippen molar-refractivity contribution >= 4 is 17.8 Å². The number of methoxy groups -OCH3 is 2. The summed E-state index contributed by atoms with van der Waals surface area (Å²) in [5.41, 5.74) is 8.70. The van der Waals surface area contributed by atoms with E-state index in [-0.39, 0.29) is 36.8 Å². The molecule has 9 heteroatoms. The predicted molar refractivity (Wildman–Crippen MR) is 148 cm³/mol. The Morgan fingerprint density at radius 3 is 2.56 bits per heavy atom. The lowest BCUT2D eigenvalue weighted by atomic mass is 9.86. The van der Waals surface area contributed by atoms with Crippen LogP contribution in [0.2, 0.25) is 0 Å². The number of carbonyl (C=O) groups is 2. The lowest BCUT2D eigenvalue weighted by molar-refractivity contribution is -0.135. The van der Waals surface area contributed by atoms with Crippen molar-refractivity contribution in [2.45, 2.75) is 75.8 Å². The highest BCUT2D eigenvalue weighted by Crippen LogP contribution is 2.43. The van der Waals surface area contributed by atoms with Gasteiger partial charge in [-0.1, -0.05) is 38.1 Å². The third-order valence-electron chi connectivity index (χ3n) is 8.85. The van der Waals surface area contributed by atoms with Crippen molar-refractivity contribution < 1.29 is 23.8 Å². The van der Waals surface area contributed by atoms with Gasteiger partial charge in [0.15, 0.2) is 5.96 Å². The van der Waals surface area contributed by atoms with E-state index in [0.29, 0.717) is 23.3 Å². The summed E-state index contributed by atoms with van der Waals surface area (Å²) in [5, 5.41) is 3.20. The first kappa shape index (κ1) is 27.1. The van der Waals surface area contributed by atoms with Crippen molar-refractivity contribution in [2.75, 3.05) is 20.8 Å². The summed E-state index contributed by atoms with van der Waals surface area (Å²) in [6.07, 6.45) is 1.92. The fourth-order valence-electron chi connectivity index (χ4n) is 6.23. The molecule has 0 fully saturated rings. The van der Waals surface area contributed by atoms with E-state index in [1.807, 2.05) is 39.0 Å². The zero-order valence-corrected chi connectivity index (χ0v) is 23.3. The molecule has 208 valence electrons. The average Bonchev–Trinajstić information content (AvgIpc) is 3.23. The summed E-state index contributed by atoms with van der Waals surface area (Å²) < 4.78 is 17.6. The van der Waals surface area contributed by atoms with Crippen molar-refractivity contribution in [1.82, 2.24) is 10.2 Å². The Bertz CT molecular complexity index is 1310. The molecule has 39 heavy (non-hydrogen) atoms. The van der Waals surface area contributed by atoms with Crippen LogP contribution in [0.5, 0.6) is 5.75 Å². The standard InChI is InChI=1S/C30H38N4O5/c1-6-30(7-2)16-24(35)34(28(31)33-30)25-21-14-18(12-13-22(21)39-17-23(25)37-4)27(36)32-26-20-11-9-8-10-19(20)15-29(26,3)38-5/h8-14,23,25-26H,6-7,15-17H2,1-5H3,(H2,31,33)(H,32,36)/t23?,25?,26-,29+/m1/s1. The van der Waals surface area contributed by atoms with Gasteiger partial charge in [-0.05, 0) is 49.1 Å². The summed E-state index contributed by atoms with van der Waals surface area (Å²) in [6, 6.07) is 12.4. The minimum absolute atomic E-state index is 0.112. The number of nitrogens with two attached hydrogens (primary N) is 1. The van der Waals surface area contributed by atoms with E-state index in [9.17, 15) is 9.59 Å². The zero-order chi connectivity index (χ0) is 27.9. The Hall–Kier alpha value is -3.43. The molecule has 2 aliphatic heterocycles. The highest BCUT2D eigenvalue weighted by atomic mass is 16.5. The fourth-order valence-corrected chi connectivity index (χ4v) is 6.23. The molecule has 3 N–H and O–H groups in total. The first-order chi connectivity index (χ1) is 18.7. The van der Waals surface area contributed by atoms with E-state index in [0.717, 1.165) is 24.0 Å². The Labute approximate surface area is 229 Å². The monoisotopic (exact) mass is 534 g/mol. The molecule has 1 aliphatic carbocycles. The molecular formula is C30H38N4O5. The Morgan fingerprint density at radius 2 is 1.90 bits per heavy atom. The van der Waals surface area contributed by atoms with Crippen LogP contribution in [0.25, 0.3) is 0 Å². The fraction of sp³-hybridized carbons (Fsp3) is 0.500. The predicted octanol–water partition coefficient (Wildman–Crippen LogP) is 3.67. The molecule has 0 spiro atoms. The van der Waals surface area contributed by atoms with Gasteiger partial charge in [0.05, 0.1) is 29.6 Å². The van der Waals surface area contributed by atoms with Crippen LogP contribution in [-0.2, 0) is 20.7 Å². The maximum absolute atomic E-state index is 13.7. The molecule has 9 nitrogen and oxygen atoms in total. The van der Waals surface area contributed by atoms with Gasteiger partial charge >= 0.3 is 0 Å². The third kappa shape index (κ3) is 4.57. The van der Waals surface area contributed by atoms with Gasteiger partial charge in [0, 0.05) is 31.8 Å². The maximum atomic E-state index is 13.7. The maximum Gasteiger partial charge on any atom is 0.251 e. The van der Waals surface area contributed by atoms with E-state index in [1.54, 1.807) is 32.4 Å². The Morgan fingerprint density at radius 1 is 1.15 bits per heavy atom. The summed E-state index contributed by atoms with van der Waals surface area (Å²) >= 11 is 0. The van der Waals surface area contributed by atoms with Crippen LogP contribution in [0, 0.1) is 0 Å². The third-order valence-corrected chi connectivity index (χ3v) is 8.85. The van der Waals surface area contributed by atoms with Crippen LogP contribution in [0.4, 0.5) is 0 Å². The molecule has 0 radical (unpaired) electrons. The molecule has 2 aromatic rings. The van der Waals surface area contributed by atoms with Gasteiger partial charge < -0.3 is 25.3 Å². The van der Waals surface area contributed by atoms with Crippen molar-refractivity contribution in [2.24, 2.45) is 10.7 Å². The molecule has 0 saturated carbocycles. The number of fused-ring (bicyclic) bond motifs is 2. The first-order valence-electron chi connectivity index (χ1n) is 13.6. The summed E-state index contributed by atoms with van der Waals surface area (Å²) in [4.78, 5) is 33.5. The largest absolute Gasteiger partial charge is 0.490 e. The van der Waals surface area contributed by atoms with Crippen LogP contribution in [-0.4, -0.2) is 60.7 Å². The number of ether oxygens (including phenoxy) is 3. The van der Waals surface area contributed by atoms with Gasteiger partial charge in [0.25, 0.3) is 5.91 Å². The molecule has 2 heterocycles. The van der Waals surface area contributed by atoms with Gasteiger partial charge in [-0.3, -0.25) is 14.5 Å². The van der Waals surface area contributed by atoms with E-state index in [2.05, 4.69) is 11.4 Å². The first-order valence-corrected chi connectivity index (χ1v) is 13.6.